The SMILES string of the molecule is CC[C@@H](C)NC(=O)C1CCN(c2ccc3nnc(-c4cccc(C)c4)n3n2)CC1. The van der Waals surface area contributed by atoms with Gasteiger partial charge in [0.15, 0.2) is 11.5 Å². The van der Waals surface area contributed by atoms with E-state index >= 15 is 0 Å². The van der Waals surface area contributed by atoms with Gasteiger partial charge in [0.25, 0.3) is 0 Å². The number of anilines is 1. The highest BCUT2D eigenvalue weighted by molar-refractivity contribution is 5.79. The molecule has 7 heteroatoms. The van der Waals surface area contributed by atoms with Crippen molar-refractivity contribution in [1.82, 2.24) is 25.1 Å². The van der Waals surface area contributed by atoms with Crippen molar-refractivity contribution in [3.05, 3.63) is 42.0 Å². The van der Waals surface area contributed by atoms with Crippen LogP contribution in [0.25, 0.3) is 17.0 Å². The van der Waals surface area contributed by atoms with Gasteiger partial charge >= 0.3 is 0 Å². The maximum atomic E-state index is 12.4. The first kappa shape index (κ1) is 19.4. The van der Waals surface area contributed by atoms with E-state index in [0.29, 0.717) is 0 Å². The Morgan fingerprint density at radius 1 is 1.21 bits per heavy atom. The molecule has 29 heavy (non-hydrogen) atoms. The van der Waals surface area contributed by atoms with Crippen LogP contribution in [0.1, 0.15) is 38.7 Å². The van der Waals surface area contributed by atoms with Crippen LogP contribution in [-0.4, -0.2) is 44.8 Å². The topological polar surface area (TPSA) is 75.4 Å². The molecule has 0 unspecified atom stereocenters. The van der Waals surface area contributed by atoms with Crippen LogP contribution in [-0.2, 0) is 4.79 Å². The lowest BCUT2D eigenvalue weighted by atomic mass is 9.95. The molecule has 0 aliphatic carbocycles. The molecule has 7 nitrogen and oxygen atoms in total. The number of piperidine rings is 1. The molecule has 4 rings (SSSR count). The lowest BCUT2D eigenvalue weighted by Gasteiger charge is -2.32. The third-order valence-electron chi connectivity index (χ3n) is 5.72. The van der Waals surface area contributed by atoms with E-state index in [-0.39, 0.29) is 17.9 Å². The Morgan fingerprint density at radius 2 is 2.00 bits per heavy atom. The van der Waals surface area contributed by atoms with Crippen LogP contribution >= 0.6 is 0 Å². The minimum Gasteiger partial charge on any atom is -0.355 e. The number of hydrogen-bond acceptors (Lipinski definition) is 5. The highest BCUT2D eigenvalue weighted by Gasteiger charge is 2.26. The van der Waals surface area contributed by atoms with Crippen molar-refractivity contribution in [3.8, 4) is 11.4 Å². The van der Waals surface area contributed by atoms with Crippen LogP contribution in [0.3, 0.4) is 0 Å². The second kappa shape index (κ2) is 8.19. The van der Waals surface area contributed by atoms with E-state index in [9.17, 15) is 4.79 Å². The fourth-order valence-electron chi connectivity index (χ4n) is 3.75. The summed E-state index contributed by atoms with van der Waals surface area (Å²) in [6.07, 6.45) is 2.64. The molecule has 0 saturated carbocycles. The largest absolute Gasteiger partial charge is 0.355 e. The minimum atomic E-state index is 0.0850. The van der Waals surface area contributed by atoms with Gasteiger partial charge in [-0.15, -0.1) is 15.3 Å². The van der Waals surface area contributed by atoms with Crippen molar-refractivity contribution in [1.29, 1.82) is 0 Å². The second-order valence-corrected chi connectivity index (χ2v) is 7.93. The summed E-state index contributed by atoms with van der Waals surface area (Å²) < 4.78 is 1.81. The van der Waals surface area contributed by atoms with Crippen LogP contribution in [0, 0.1) is 12.8 Å². The summed E-state index contributed by atoms with van der Waals surface area (Å²) in [5, 5.41) is 16.5. The molecule has 1 amide bonds. The van der Waals surface area contributed by atoms with E-state index in [4.69, 9.17) is 5.10 Å². The fraction of sp³-hybridized carbons (Fsp3) is 0.455. The third-order valence-corrected chi connectivity index (χ3v) is 5.72. The molecule has 3 aromatic rings. The van der Waals surface area contributed by atoms with Crippen molar-refractivity contribution < 1.29 is 4.79 Å². The first-order chi connectivity index (χ1) is 14.0. The number of aromatic nitrogens is 4. The van der Waals surface area contributed by atoms with Gasteiger partial charge in [0.2, 0.25) is 5.91 Å². The predicted octanol–water partition coefficient (Wildman–Crippen LogP) is 3.23. The van der Waals surface area contributed by atoms with Gasteiger partial charge in [0.1, 0.15) is 5.82 Å². The standard InChI is InChI=1S/C22H28N6O/c1-4-16(3)23-22(29)17-10-12-27(13-11-17)20-9-8-19-24-25-21(28(19)26-20)18-7-5-6-15(2)14-18/h5-9,14,16-17H,4,10-13H2,1-3H3,(H,23,29)/t16-/m1/s1. The van der Waals surface area contributed by atoms with Crippen LogP contribution in [0.15, 0.2) is 36.4 Å². The van der Waals surface area contributed by atoms with E-state index < -0.39 is 0 Å². The van der Waals surface area contributed by atoms with Gasteiger partial charge < -0.3 is 10.2 Å². The number of amides is 1. The molecule has 1 aliphatic heterocycles. The summed E-state index contributed by atoms with van der Waals surface area (Å²) in [6.45, 7) is 7.84. The molecule has 1 saturated heterocycles. The lowest BCUT2D eigenvalue weighted by molar-refractivity contribution is -0.126. The minimum absolute atomic E-state index is 0.0850. The molecule has 3 heterocycles. The number of nitrogens with zero attached hydrogens (tertiary/aromatic N) is 5. The third kappa shape index (κ3) is 4.09. The van der Waals surface area contributed by atoms with E-state index in [2.05, 4.69) is 53.3 Å². The molecular formula is C22H28N6O. The Bertz CT molecular complexity index is 1010. The molecule has 0 bridgehead atoms. The number of carbonyl (C=O) groups is 1. The van der Waals surface area contributed by atoms with Crippen LogP contribution in [0.5, 0.6) is 0 Å². The fourth-order valence-corrected chi connectivity index (χ4v) is 3.75. The normalized spacial score (nSPS) is 16.2. The van der Waals surface area contributed by atoms with Crippen LogP contribution in [0.2, 0.25) is 0 Å². The quantitative estimate of drug-likeness (QED) is 0.721. The van der Waals surface area contributed by atoms with Gasteiger partial charge in [0.05, 0.1) is 0 Å². The van der Waals surface area contributed by atoms with Crippen molar-refractivity contribution in [2.24, 2.45) is 5.92 Å². The molecular weight excluding hydrogens is 364 g/mol. The Hall–Kier alpha value is -2.96. The number of rotatable bonds is 5. The Labute approximate surface area is 171 Å². The molecule has 1 fully saturated rings. The summed E-state index contributed by atoms with van der Waals surface area (Å²) in [7, 11) is 0. The van der Waals surface area contributed by atoms with Crippen LogP contribution < -0.4 is 10.2 Å². The zero-order valence-electron chi connectivity index (χ0n) is 17.3. The van der Waals surface area contributed by atoms with Gasteiger partial charge in [-0.1, -0.05) is 30.7 Å². The molecule has 1 aromatic carbocycles. The maximum Gasteiger partial charge on any atom is 0.223 e. The summed E-state index contributed by atoms with van der Waals surface area (Å²) in [4.78, 5) is 14.7. The van der Waals surface area contributed by atoms with E-state index in [1.165, 1.54) is 5.56 Å². The maximum absolute atomic E-state index is 12.4. The van der Waals surface area contributed by atoms with Gasteiger partial charge in [-0.05, 0) is 51.3 Å². The first-order valence-corrected chi connectivity index (χ1v) is 10.4. The number of nitrogens with one attached hydrogen (secondary N) is 1. The van der Waals surface area contributed by atoms with E-state index in [1.807, 2.05) is 28.8 Å². The van der Waals surface area contributed by atoms with Gasteiger partial charge in [-0.3, -0.25) is 4.79 Å². The molecule has 0 radical (unpaired) electrons. The zero-order chi connectivity index (χ0) is 20.4. The summed E-state index contributed by atoms with van der Waals surface area (Å²) >= 11 is 0. The van der Waals surface area contributed by atoms with Crippen molar-refractivity contribution in [2.75, 3.05) is 18.0 Å². The summed E-state index contributed by atoms with van der Waals surface area (Å²) in [5.41, 5.74) is 2.91. The van der Waals surface area contributed by atoms with E-state index in [0.717, 1.165) is 55.2 Å². The molecule has 2 aromatic heterocycles. The first-order valence-electron chi connectivity index (χ1n) is 10.4. The molecule has 1 aliphatic rings. The second-order valence-electron chi connectivity index (χ2n) is 7.93. The molecule has 152 valence electrons. The number of benzene rings is 1. The van der Waals surface area contributed by atoms with Crippen molar-refractivity contribution in [3.63, 3.8) is 0 Å². The average molecular weight is 393 g/mol. The lowest BCUT2D eigenvalue weighted by Crippen LogP contribution is -2.43. The summed E-state index contributed by atoms with van der Waals surface area (Å²) in [5.74, 6) is 1.91. The Balaban J connectivity index is 1.51. The number of carbonyl (C=O) groups excluding carboxylic acids is 1. The predicted molar refractivity (Wildman–Crippen MR) is 114 cm³/mol. The molecule has 1 N–H and O–H groups in total. The summed E-state index contributed by atoms with van der Waals surface area (Å²) in [6, 6.07) is 12.4. The smallest absolute Gasteiger partial charge is 0.223 e. The highest BCUT2D eigenvalue weighted by atomic mass is 16.1. The zero-order valence-corrected chi connectivity index (χ0v) is 17.3. The Kier molecular flexibility index (Phi) is 5.47. The van der Waals surface area contributed by atoms with Gasteiger partial charge in [0, 0.05) is 30.6 Å². The molecule has 1 atom stereocenters. The van der Waals surface area contributed by atoms with Crippen molar-refractivity contribution >= 4 is 17.4 Å². The Morgan fingerprint density at radius 3 is 2.72 bits per heavy atom. The average Bonchev–Trinajstić information content (AvgIpc) is 3.17. The number of hydrogen-bond donors (Lipinski definition) is 1. The van der Waals surface area contributed by atoms with Crippen LogP contribution in [0.4, 0.5) is 5.82 Å². The highest BCUT2D eigenvalue weighted by Crippen LogP contribution is 2.24. The van der Waals surface area contributed by atoms with Gasteiger partial charge in [-0.2, -0.15) is 4.52 Å². The van der Waals surface area contributed by atoms with Gasteiger partial charge in [-0.25, -0.2) is 0 Å². The number of aryl methyl sites for hydroxylation is 1. The number of fused-ring (bicyclic) bond motifs is 1. The monoisotopic (exact) mass is 392 g/mol. The van der Waals surface area contributed by atoms with Crippen molar-refractivity contribution in [2.45, 2.75) is 46.1 Å². The molecule has 0 spiro atoms. The van der Waals surface area contributed by atoms with E-state index in [1.54, 1.807) is 0 Å².